The molecular weight excluding hydrogens is 1960 g/mol. The van der Waals surface area contributed by atoms with Crippen LogP contribution in [0.2, 0.25) is 0 Å². The fourth-order valence-corrected chi connectivity index (χ4v) is 9.53. The van der Waals surface area contributed by atoms with Crippen molar-refractivity contribution >= 4 is 46.2 Å². The van der Waals surface area contributed by atoms with Crippen molar-refractivity contribution in [2.75, 3.05) is 28.0 Å². The van der Waals surface area contributed by atoms with Gasteiger partial charge in [0.2, 0.25) is 13.4 Å². The van der Waals surface area contributed by atoms with Gasteiger partial charge in [-0.25, -0.2) is 193 Å². The number of fused-ring (bicyclic) bond motifs is 6. The van der Waals surface area contributed by atoms with E-state index in [0.29, 0.717) is 20.8 Å². The first-order valence-electron chi connectivity index (χ1n) is 35.9. The van der Waals surface area contributed by atoms with Crippen LogP contribution in [-0.2, 0) is 0 Å². The molecule has 0 nitrogen and oxygen atoms in total. The Kier molecular flexibility index (Phi) is 61.0. The van der Waals surface area contributed by atoms with Gasteiger partial charge in [-0.3, -0.25) is 13.2 Å². The Balaban J connectivity index is -0.000000322. The second-order valence-corrected chi connectivity index (χ2v) is 25.7. The number of hydrogen-bond acceptors (Lipinski definition) is 0. The molecule has 0 spiro atoms. The van der Waals surface area contributed by atoms with E-state index < -0.39 is 308 Å². The van der Waals surface area contributed by atoms with Gasteiger partial charge in [-0.15, -0.1) is 36.8 Å². The number of halogens is 47. The van der Waals surface area contributed by atoms with E-state index >= 15 is 35.1 Å². The molecule has 2 aliphatic rings. The largest absolute Gasteiger partial charge is 0.307 e. The number of allylic oxidation sites excluding steroid dienone is 2. The van der Waals surface area contributed by atoms with Crippen LogP contribution in [-0.4, -0.2) is 71.5 Å². The predicted molar refractivity (Wildman–Crippen MR) is 426 cm³/mol. The lowest BCUT2D eigenvalue weighted by Crippen LogP contribution is -2.59. The molecule has 0 unspecified atom stereocenters. The maximum atomic E-state index is 16.1. The quantitative estimate of drug-likeness (QED) is 0.0402. The molecular formula is C87H83B2F47. The zero-order valence-corrected chi connectivity index (χ0v) is 73.1. The average Bonchev–Trinajstić information content (AvgIpc) is 1.58. The van der Waals surface area contributed by atoms with Crippen molar-refractivity contribution < 1.29 is 206 Å². The van der Waals surface area contributed by atoms with Gasteiger partial charge in [0.15, 0.2) is 163 Å². The summed E-state index contributed by atoms with van der Waals surface area (Å²) in [6, 6.07) is 0. The highest BCUT2D eigenvalue weighted by Crippen LogP contribution is 2.40. The molecule has 0 amide bonds. The number of alkyl halides is 15. The lowest BCUT2D eigenvalue weighted by molar-refractivity contribution is -0.185. The molecule has 0 bridgehead atoms. The number of benzene rings is 8. The summed E-state index contributed by atoms with van der Waals surface area (Å²) in [7, 11) is 1.00. The molecule has 0 N–H and O–H groups in total. The van der Waals surface area contributed by atoms with E-state index in [9.17, 15) is 171 Å². The monoisotopic (exact) mass is 2040 g/mol. The van der Waals surface area contributed by atoms with E-state index in [-0.39, 0.29) is 71.7 Å². The molecule has 8 aromatic rings. The van der Waals surface area contributed by atoms with Gasteiger partial charge in [-0.1, -0.05) is 27.9 Å². The van der Waals surface area contributed by atoms with E-state index in [1.165, 1.54) is 33.8 Å². The van der Waals surface area contributed by atoms with Crippen molar-refractivity contribution in [2.45, 2.75) is 183 Å². The summed E-state index contributed by atoms with van der Waals surface area (Å²) in [4.78, 5) is 0. The van der Waals surface area contributed by atoms with Crippen LogP contribution in [0.1, 0.15) is 143 Å². The van der Waals surface area contributed by atoms with Crippen LogP contribution in [0.3, 0.4) is 0 Å². The highest BCUT2D eigenvalue weighted by atomic mass is 19.3. The minimum Gasteiger partial charge on any atom is -0.255 e. The summed E-state index contributed by atoms with van der Waals surface area (Å²) in [5, 5.41) is 0. The van der Waals surface area contributed by atoms with Crippen LogP contribution in [0.15, 0.2) is 25.1 Å². The van der Waals surface area contributed by atoms with Crippen molar-refractivity contribution in [3.05, 3.63) is 244 Å². The van der Waals surface area contributed by atoms with Gasteiger partial charge in [-0.05, 0) is 125 Å². The zero-order valence-electron chi connectivity index (χ0n) is 73.1. The molecule has 10 rings (SSSR count). The molecule has 0 saturated carbocycles. The predicted octanol–water partition coefficient (Wildman–Crippen LogP) is 29.5. The summed E-state index contributed by atoms with van der Waals surface area (Å²) in [6.07, 6.45) is -0.0972. The van der Waals surface area contributed by atoms with E-state index in [1.54, 1.807) is 13.8 Å². The fourth-order valence-electron chi connectivity index (χ4n) is 9.53. The van der Waals surface area contributed by atoms with Crippen LogP contribution in [0.25, 0.3) is 22.3 Å². The summed E-state index contributed by atoms with van der Waals surface area (Å²) >= 11 is 0. The third-order valence-electron chi connectivity index (χ3n) is 16.8. The lowest BCUT2D eigenvalue weighted by Gasteiger charge is -2.20. The van der Waals surface area contributed by atoms with Crippen molar-refractivity contribution in [2.24, 2.45) is 0 Å². The SMILES string of the molecule is C.C.C=C.CC#CC.CC#CC.CC(F)(F)C(C)(F)F.CC(F)(F)C(C)(F)F.CC(F)F.CC=C(C)F.CCCF.CF.CF.Cc1c(F)c(C)c(F)c(C)c1F.Cc1c(F)c(F)c(C)c(F)c1F.Cc1c(F)c(F)c(C)c(F)c1F.FCF.Fc1c(F)c(F)c2c(c1F)B(c1c(F)c(F)c(B3c4c(F)c(F)c(F)c(F)c4-c4c(F)c(F)c(F)c(F)c43)c(F)c1F)c1c(F)c(F)c(F)c(F)c1-2. The van der Waals surface area contributed by atoms with E-state index in [4.69, 9.17) is 0 Å². The number of hydrogen-bond donors (Lipinski definition) is 0. The molecule has 766 valence electrons. The molecule has 2 aliphatic heterocycles. The second kappa shape index (κ2) is 60.0. The normalized spacial score (nSPS) is 10.8. The first kappa shape index (κ1) is 138. The van der Waals surface area contributed by atoms with E-state index in [1.807, 2.05) is 27.7 Å². The first-order valence-corrected chi connectivity index (χ1v) is 35.9. The van der Waals surface area contributed by atoms with Gasteiger partial charge in [0.05, 0.1) is 26.9 Å². The van der Waals surface area contributed by atoms with Crippen molar-refractivity contribution in [3.63, 3.8) is 0 Å². The molecule has 49 heteroatoms. The highest BCUT2D eigenvalue weighted by Gasteiger charge is 2.54. The summed E-state index contributed by atoms with van der Waals surface area (Å²) in [5.41, 5.74) is -24.8. The third-order valence-corrected chi connectivity index (χ3v) is 16.8. The molecule has 0 saturated heterocycles. The highest BCUT2D eigenvalue weighted by molar-refractivity contribution is 7.00. The van der Waals surface area contributed by atoms with Crippen LogP contribution in [0.5, 0.6) is 0 Å². The van der Waals surface area contributed by atoms with Crippen LogP contribution >= 0.6 is 0 Å². The fraction of sp³-hybridized carbons (Fsp3) is 0.356. The second-order valence-electron chi connectivity index (χ2n) is 25.7. The maximum absolute atomic E-state index is 16.1. The number of rotatable bonds is 5. The standard InChI is InChI=1S/C30B2F20.C9H9F3.2C8H6F4.2C4H6F4.C4H7F.2C4H6.C3H7F.C2H4F2.C2H4.CH2F2.2CH3F.2CH4/c33-11-1-2-6(16(38)28(50)24(46)12(2)34)31(5(1)15(37)27(49)23(11)45)9-19(41)21(43)10(22(44)20(9)42)32-7-3(13(35)25(47)29(51)17(7)39)4-8(32)18(40)30(52)26(48)14(4)36;1-4-7(10)5(2)9(12)6(3)8(4)11;2*1-3-5(9)7(11)4(2)8(12)6(3)10;2*1-3(5,6)4(2,7)8;1-3-4(2)5;2*1-3-4-2;1-2-3-4;1-2(3)4;1-2;2-1-3;2*1-2;;/h;1-3H3;2*1-2H3;2*1-2H3;3H,1-2H3;2*1-2H3;2-3H2,1H3;2H,1H3;1-2H2;1H2;2*1H3;2*1H4. The van der Waals surface area contributed by atoms with E-state index in [0.717, 1.165) is 34.6 Å². The summed E-state index contributed by atoms with van der Waals surface area (Å²) in [6.45, 7) is 18.6. The molecule has 8 aromatic carbocycles. The van der Waals surface area contributed by atoms with Crippen molar-refractivity contribution in [3.8, 4) is 45.9 Å². The van der Waals surface area contributed by atoms with Crippen LogP contribution in [0, 0.1) is 252 Å². The van der Waals surface area contributed by atoms with Crippen LogP contribution < -0.4 is 32.8 Å². The topological polar surface area (TPSA) is 0 Å². The Hall–Kier alpha value is -10.8. The van der Waals surface area contributed by atoms with Gasteiger partial charge in [-0.2, -0.15) is 0 Å². The molecule has 0 radical (unpaired) electrons. The smallest absolute Gasteiger partial charge is 0.255 e. The van der Waals surface area contributed by atoms with Crippen molar-refractivity contribution in [1.29, 1.82) is 0 Å². The molecule has 2 heterocycles. The summed E-state index contributed by atoms with van der Waals surface area (Å²) < 4.78 is 612. The van der Waals surface area contributed by atoms with Gasteiger partial charge in [0.25, 0.3) is 13.4 Å². The van der Waals surface area contributed by atoms with Gasteiger partial charge in [0.1, 0.15) is 17.5 Å². The van der Waals surface area contributed by atoms with Gasteiger partial charge >= 0.3 is 23.7 Å². The van der Waals surface area contributed by atoms with Gasteiger partial charge in [0, 0.05) is 99.8 Å². The molecule has 136 heavy (non-hydrogen) atoms. The Morgan fingerprint density at radius 2 is 0.390 bits per heavy atom. The van der Waals surface area contributed by atoms with E-state index in [2.05, 4.69) is 36.8 Å². The molecule has 0 fully saturated rings. The summed E-state index contributed by atoms with van der Waals surface area (Å²) in [5.74, 6) is -75.6. The minimum atomic E-state index is -3.90. The Labute approximate surface area is 751 Å². The zero-order chi connectivity index (χ0) is 108. The Morgan fingerprint density at radius 3 is 0.485 bits per heavy atom. The lowest BCUT2D eigenvalue weighted by atomic mass is 9.36. The maximum Gasteiger partial charge on any atom is 0.307 e. The molecule has 0 aromatic heterocycles. The average molecular weight is 2040 g/mol. The minimum absolute atomic E-state index is 0. The molecule has 0 aliphatic carbocycles. The Morgan fingerprint density at radius 1 is 0.287 bits per heavy atom. The first-order chi connectivity index (χ1) is 61.3. The van der Waals surface area contributed by atoms with Crippen LogP contribution in [0.4, 0.5) is 206 Å². The van der Waals surface area contributed by atoms with Crippen molar-refractivity contribution in [1.82, 2.24) is 0 Å². The van der Waals surface area contributed by atoms with Gasteiger partial charge < -0.3 is 0 Å². The molecule has 0 atom stereocenters. The Bertz CT molecular complexity index is 4560. The third kappa shape index (κ3) is 33.0.